The molecule has 1 atom stereocenters. The number of benzene rings is 3. The molecule has 1 amide bonds. The molecule has 5 rings (SSSR count). The second-order valence-electron chi connectivity index (χ2n) is 10.8. The van der Waals surface area contributed by atoms with Crippen LogP contribution in [0.1, 0.15) is 70.5 Å². The van der Waals surface area contributed by atoms with Crippen LogP contribution in [0.3, 0.4) is 0 Å². The van der Waals surface area contributed by atoms with E-state index in [0.717, 1.165) is 52.8 Å². The Bertz CT molecular complexity index is 1580. The third kappa shape index (κ3) is 5.66. The van der Waals surface area contributed by atoms with Gasteiger partial charge in [0.05, 0.1) is 26.9 Å². The maximum Gasteiger partial charge on any atom is 0.273 e. The summed E-state index contributed by atoms with van der Waals surface area (Å²) in [4.78, 5) is 15.8. The molecule has 4 aromatic rings. The molecule has 0 aliphatic carbocycles. The van der Waals surface area contributed by atoms with Crippen LogP contribution in [0.15, 0.2) is 54.6 Å². The van der Waals surface area contributed by atoms with Crippen molar-refractivity contribution in [3.63, 3.8) is 0 Å². The predicted octanol–water partition coefficient (Wildman–Crippen LogP) is 6.77. The van der Waals surface area contributed by atoms with Gasteiger partial charge in [-0.2, -0.15) is 5.10 Å². The molecule has 3 aromatic carbocycles. The summed E-state index contributed by atoms with van der Waals surface area (Å²) in [6, 6.07) is 17.2. The molecule has 0 saturated carbocycles. The highest BCUT2D eigenvalue weighted by atomic mass is 16.5. The van der Waals surface area contributed by atoms with E-state index in [9.17, 15) is 9.90 Å². The molecular formula is C34H39N3O5. The average Bonchev–Trinajstić information content (AvgIpc) is 3.54. The van der Waals surface area contributed by atoms with Gasteiger partial charge >= 0.3 is 0 Å². The Hall–Kier alpha value is -4.46. The number of nitrogens with one attached hydrogen (secondary N) is 1. The molecule has 0 spiro atoms. The Morgan fingerprint density at radius 2 is 1.81 bits per heavy atom. The Kier molecular flexibility index (Phi) is 8.71. The van der Waals surface area contributed by atoms with E-state index in [1.807, 2.05) is 73.3 Å². The molecule has 0 radical (unpaired) electrons. The minimum atomic E-state index is -0.416. The number of rotatable bonds is 12. The first-order chi connectivity index (χ1) is 20.4. The highest BCUT2D eigenvalue weighted by Gasteiger charge is 2.42. The summed E-state index contributed by atoms with van der Waals surface area (Å²) in [5, 5.41) is 18.6. The van der Waals surface area contributed by atoms with Crippen molar-refractivity contribution < 1.29 is 24.1 Å². The van der Waals surface area contributed by atoms with Crippen LogP contribution >= 0.6 is 0 Å². The Morgan fingerprint density at radius 1 is 1.00 bits per heavy atom. The molecule has 1 aliphatic rings. The van der Waals surface area contributed by atoms with Gasteiger partial charge in [0.1, 0.15) is 22.9 Å². The van der Waals surface area contributed by atoms with Crippen LogP contribution in [0.5, 0.6) is 23.0 Å². The number of phenolic OH excluding ortho intramolecular Hbond substituents is 1. The monoisotopic (exact) mass is 569 g/mol. The summed E-state index contributed by atoms with van der Waals surface area (Å²) in [5.41, 5.74) is 6.10. The number of aromatic hydroxyl groups is 1. The molecule has 2 N–H and O–H groups in total. The number of hydrogen-bond acceptors (Lipinski definition) is 6. The van der Waals surface area contributed by atoms with Crippen molar-refractivity contribution >= 4 is 5.91 Å². The van der Waals surface area contributed by atoms with Crippen molar-refractivity contribution in [1.82, 2.24) is 15.1 Å². The van der Waals surface area contributed by atoms with E-state index < -0.39 is 6.04 Å². The first kappa shape index (κ1) is 29.0. The van der Waals surface area contributed by atoms with Crippen molar-refractivity contribution in [2.24, 2.45) is 0 Å². The van der Waals surface area contributed by atoms with Crippen LogP contribution in [0, 0.1) is 13.8 Å². The number of fused-ring (bicyclic) bond motifs is 1. The lowest BCUT2D eigenvalue weighted by Gasteiger charge is -2.27. The second kappa shape index (κ2) is 12.6. The number of methoxy groups -OCH3 is 2. The van der Waals surface area contributed by atoms with Gasteiger partial charge in [-0.3, -0.25) is 9.89 Å². The van der Waals surface area contributed by atoms with Gasteiger partial charge in [0, 0.05) is 17.7 Å². The van der Waals surface area contributed by atoms with Gasteiger partial charge in [-0.1, -0.05) is 44.0 Å². The first-order valence-corrected chi connectivity index (χ1v) is 14.5. The number of amides is 1. The molecule has 2 heterocycles. The number of aromatic nitrogens is 2. The molecule has 1 aliphatic heterocycles. The van der Waals surface area contributed by atoms with Crippen molar-refractivity contribution in [3.05, 3.63) is 88.1 Å². The van der Waals surface area contributed by atoms with Crippen LogP contribution in [0.25, 0.3) is 11.3 Å². The fourth-order valence-corrected chi connectivity index (χ4v) is 5.72. The standard InChI is InChI=1S/C34H39N3O5/c1-6-7-8-16-42-25-11-9-10-24(20-25)32-29-30(26-18-21(2)17-22(3)33(26)38)35-36-31(29)34(39)37(32)15-14-23-12-13-27(40-4)28(19-23)41-5/h9-13,17-20,32,38H,6-8,14-16H2,1-5H3,(H,35,36). The molecule has 8 heteroatoms. The van der Waals surface area contributed by atoms with Crippen molar-refractivity contribution in [2.45, 2.75) is 52.5 Å². The molecule has 220 valence electrons. The van der Waals surface area contributed by atoms with Gasteiger partial charge in [0.2, 0.25) is 0 Å². The molecule has 1 unspecified atom stereocenters. The fourth-order valence-electron chi connectivity index (χ4n) is 5.72. The minimum Gasteiger partial charge on any atom is -0.507 e. The smallest absolute Gasteiger partial charge is 0.273 e. The van der Waals surface area contributed by atoms with Crippen LogP contribution in [0.2, 0.25) is 0 Å². The number of hydrogen-bond donors (Lipinski definition) is 2. The van der Waals surface area contributed by atoms with Gasteiger partial charge in [0.15, 0.2) is 11.5 Å². The highest BCUT2D eigenvalue weighted by Crippen LogP contribution is 2.46. The lowest BCUT2D eigenvalue weighted by atomic mass is 9.94. The van der Waals surface area contributed by atoms with Crippen molar-refractivity contribution in [2.75, 3.05) is 27.4 Å². The fraction of sp³-hybridized carbons (Fsp3) is 0.353. The SMILES string of the molecule is CCCCCOc1cccc(C2c3c(-c4cc(C)cc(C)c4O)n[nH]c3C(=O)N2CCc2ccc(OC)c(OC)c2)c1. The Morgan fingerprint density at radius 3 is 2.57 bits per heavy atom. The zero-order valence-electron chi connectivity index (χ0n) is 25.0. The number of carbonyl (C=O) groups is 1. The largest absolute Gasteiger partial charge is 0.507 e. The lowest BCUT2D eigenvalue weighted by Crippen LogP contribution is -2.31. The summed E-state index contributed by atoms with van der Waals surface area (Å²) in [6.07, 6.45) is 3.83. The summed E-state index contributed by atoms with van der Waals surface area (Å²) < 4.78 is 17.0. The molecule has 0 saturated heterocycles. The van der Waals surface area contributed by atoms with E-state index in [4.69, 9.17) is 14.2 Å². The lowest BCUT2D eigenvalue weighted by molar-refractivity contribution is 0.0745. The third-order valence-corrected chi connectivity index (χ3v) is 7.84. The van der Waals surface area contributed by atoms with Crippen molar-refractivity contribution in [3.8, 4) is 34.3 Å². The normalized spacial score (nSPS) is 14.3. The molecular weight excluding hydrogens is 530 g/mol. The van der Waals surface area contributed by atoms with Gasteiger partial charge < -0.3 is 24.2 Å². The number of carbonyl (C=O) groups excluding carboxylic acids is 1. The topological polar surface area (TPSA) is 96.9 Å². The zero-order chi connectivity index (χ0) is 29.8. The van der Waals surface area contributed by atoms with E-state index in [1.165, 1.54) is 0 Å². The molecule has 42 heavy (non-hydrogen) atoms. The summed E-state index contributed by atoms with van der Waals surface area (Å²) in [7, 11) is 3.22. The number of nitrogens with zero attached hydrogens (tertiary/aromatic N) is 2. The quantitative estimate of drug-likeness (QED) is 0.183. The van der Waals surface area contributed by atoms with Crippen molar-refractivity contribution in [1.29, 1.82) is 0 Å². The van der Waals surface area contributed by atoms with E-state index in [2.05, 4.69) is 17.1 Å². The summed E-state index contributed by atoms with van der Waals surface area (Å²) in [6.45, 7) is 7.13. The second-order valence-corrected chi connectivity index (χ2v) is 10.8. The van der Waals surface area contributed by atoms with Gasteiger partial charge in [-0.15, -0.1) is 0 Å². The number of ether oxygens (including phenoxy) is 3. The van der Waals surface area contributed by atoms with Crippen LogP contribution in [-0.2, 0) is 6.42 Å². The van der Waals surface area contributed by atoms with Crippen LogP contribution in [0.4, 0.5) is 0 Å². The van der Waals surface area contributed by atoms with E-state index >= 15 is 0 Å². The van der Waals surface area contributed by atoms with Crippen LogP contribution in [-0.4, -0.2) is 53.5 Å². The zero-order valence-corrected chi connectivity index (χ0v) is 25.0. The number of aromatic amines is 1. The highest BCUT2D eigenvalue weighted by molar-refractivity contribution is 6.00. The minimum absolute atomic E-state index is 0.132. The number of aryl methyl sites for hydroxylation is 2. The number of unbranched alkanes of at least 4 members (excludes halogenated alkanes) is 2. The van der Waals surface area contributed by atoms with Crippen LogP contribution < -0.4 is 14.2 Å². The van der Waals surface area contributed by atoms with Gasteiger partial charge in [-0.25, -0.2) is 0 Å². The van der Waals surface area contributed by atoms with Gasteiger partial charge in [-0.05, 0) is 79.3 Å². The Balaban J connectivity index is 1.54. The summed E-state index contributed by atoms with van der Waals surface area (Å²) >= 11 is 0. The Labute approximate surface area is 247 Å². The maximum absolute atomic E-state index is 13.9. The molecule has 0 fully saturated rings. The maximum atomic E-state index is 13.9. The molecule has 0 bridgehead atoms. The molecule has 8 nitrogen and oxygen atoms in total. The summed E-state index contributed by atoms with van der Waals surface area (Å²) in [5.74, 6) is 2.11. The number of H-pyrrole nitrogens is 1. The average molecular weight is 570 g/mol. The first-order valence-electron chi connectivity index (χ1n) is 14.5. The van der Waals surface area contributed by atoms with E-state index in [1.54, 1.807) is 14.2 Å². The predicted molar refractivity (Wildman–Crippen MR) is 163 cm³/mol. The third-order valence-electron chi connectivity index (χ3n) is 7.84. The number of phenols is 1. The van der Waals surface area contributed by atoms with E-state index in [0.29, 0.717) is 48.0 Å². The van der Waals surface area contributed by atoms with Gasteiger partial charge in [0.25, 0.3) is 5.91 Å². The van der Waals surface area contributed by atoms with E-state index in [-0.39, 0.29) is 11.7 Å². The molecule has 1 aromatic heterocycles.